The first-order chi connectivity index (χ1) is 12.8. The SMILES string of the molecule is CCN(C(=O)O)c1cn2ncnc(Oc3ccc([N+](=O)[O-])cc3F)c2c1C. The second-order valence-corrected chi connectivity index (χ2v) is 5.50. The molecule has 0 aliphatic rings. The van der Waals surface area contributed by atoms with E-state index in [1.165, 1.54) is 17.0 Å². The van der Waals surface area contributed by atoms with Crippen molar-refractivity contribution in [3.8, 4) is 11.6 Å². The van der Waals surface area contributed by atoms with Crippen molar-refractivity contribution in [1.29, 1.82) is 0 Å². The van der Waals surface area contributed by atoms with Gasteiger partial charge < -0.3 is 9.84 Å². The Morgan fingerprint density at radius 2 is 2.22 bits per heavy atom. The van der Waals surface area contributed by atoms with Crippen LogP contribution in [0.4, 0.5) is 20.6 Å². The molecule has 0 bridgehead atoms. The summed E-state index contributed by atoms with van der Waals surface area (Å²) in [7, 11) is 0. The maximum atomic E-state index is 14.1. The van der Waals surface area contributed by atoms with Crippen molar-refractivity contribution in [3.05, 3.63) is 52.2 Å². The topological polar surface area (TPSA) is 123 Å². The van der Waals surface area contributed by atoms with E-state index in [0.717, 1.165) is 23.1 Å². The van der Waals surface area contributed by atoms with E-state index in [0.29, 0.717) is 16.8 Å². The molecule has 2 aromatic heterocycles. The number of aromatic nitrogens is 3. The Hall–Kier alpha value is -3.76. The number of nitrogens with zero attached hydrogens (tertiary/aromatic N) is 5. The van der Waals surface area contributed by atoms with Crippen molar-refractivity contribution in [2.45, 2.75) is 13.8 Å². The molecule has 2 heterocycles. The summed E-state index contributed by atoms with van der Waals surface area (Å²) in [6.07, 6.45) is 1.54. The minimum absolute atomic E-state index is 0.0112. The number of nitro benzene ring substituents is 1. The average molecular weight is 375 g/mol. The third-order valence-electron chi connectivity index (χ3n) is 3.94. The van der Waals surface area contributed by atoms with Gasteiger partial charge in [0.1, 0.15) is 11.8 Å². The fourth-order valence-corrected chi connectivity index (χ4v) is 2.66. The largest absolute Gasteiger partial charge is 0.465 e. The highest BCUT2D eigenvalue weighted by Crippen LogP contribution is 2.34. The third kappa shape index (κ3) is 3.21. The number of carbonyl (C=O) groups is 1. The van der Waals surface area contributed by atoms with E-state index in [9.17, 15) is 24.4 Å². The monoisotopic (exact) mass is 375 g/mol. The van der Waals surface area contributed by atoms with Gasteiger partial charge in [0.2, 0.25) is 5.88 Å². The number of ether oxygens (including phenoxy) is 1. The lowest BCUT2D eigenvalue weighted by molar-refractivity contribution is -0.385. The molecule has 0 saturated carbocycles. The van der Waals surface area contributed by atoms with Crippen LogP contribution < -0.4 is 9.64 Å². The zero-order chi connectivity index (χ0) is 19.7. The quantitative estimate of drug-likeness (QED) is 0.535. The summed E-state index contributed by atoms with van der Waals surface area (Å²) < 4.78 is 21.0. The summed E-state index contributed by atoms with van der Waals surface area (Å²) in [6.45, 7) is 3.57. The molecule has 0 aliphatic carbocycles. The van der Waals surface area contributed by atoms with E-state index in [1.54, 1.807) is 13.8 Å². The van der Waals surface area contributed by atoms with Gasteiger partial charge in [0, 0.05) is 18.2 Å². The molecule has 0 fully saturated rings. The second-order valence-electron chi connectivity index (χ2n) is 5.50. The van der Waals surface area contributed by atoms with Gasteiger partial charge in [-0.05, 0) is 19.9 Å². The molecule has 1 N–H and O–H groups in total. The Bertz CT molecular complexity index is 1050. The van der Waals surface area contributed by atoms with Gasteiger partial charge >= 0.3 is 6.09 Å². The Morgan fingerprint density at radius 3 is 2.81 bits per heavy atom. The Balaban J connectivity index is 2.07. The van der Waals surface area contributed by atoms with Crippen LogP contribution in [0.15, 0.2) is 30.7 Å². The molecule has 10 nitrogen and oxygen atoms in total. The normalized spacial score (nSPS) is 10.8. The maximum Gasteiger partial charge on any atom is 0.411 e. The summed E-state index contributed by atoms with van der Waals surface area (Å²) in [5.74, 6) is -1.19. The molecule has 0 radical (unpaired) electrons. The summed E-state index contributed by atoms with van der Waals surface area (Å²) in [5.41, 5.74) is 0.857. The fraction of sp³-hybridized carbons (Fsp3) is 0.188. The van der Waals surface area contributed by atoms with Gasteiger partial charge in [0.05, 0.1) is 22.9 Å². The van der Waals surface area contributed by atoms with Gasteiger partial charge in [-0.3, -0.25) is 15.0 Å². The summed E-state index contributed by atoms with van der Waals surface area (Å²) in [4.78, 5) is 26.5. The molecular weight excluding hydrogens is 361 g/mol. The number of hydrogen-bond acceptors (Lipinski definition) is 6. The van der Waals surface area contributed by atoms with Crippen LogP contribution >= 0.6 is 0 Å². The molecule has 3 rings (SSSR count). The van der Waals surface area contributed by atoms with Crippen LogP contribution in [0.25, 0.3) is 5.52 Å². The average Bonchev–Trinajstić information content (AvgIpc) is 2.94. The number of nitro groups is 1. The number of rotatable bonds is 5. The summed E-state index contributed by atoms with van der Waals surface area (Å²) in [5, 5.41) is 24.1. The lowest BCUT2D eigenvalue weighted by Gasteiger charge is -2.15. The van der Waals surface area contributed by atoms with Gasteiger partial charge in [-0.15, -0.1) is 0 Å². The fourth-order valence-electron chi connectivity index (χ4n) is 2.66. The number of benzene rings is 1. The third-order valence-corrected chi connectivity index (χ3v) is 3.94. The summed E-state index contributed by atoms with van der Waals surface area (Å²) in [6, 6.07) is 2.98. The van der Waals surface area contributed by atoms with Crippen molar-refractivity contribution >= 4 is 23.0 Å². The van der Waals surface area contributed by atoms with Crippen molar-refractivity contribution in [1.82, 2.24) is 14.6 Å². The van der Waals surface area contributed by atoms with Crippen LogP contribution in [-0.4, -0.2) is 37.3 Å². The molecule has 0 saturated heterocycles. The van der Waals surface area contributed by atoms with Crippen LogP contribution in [0.2, 0.25) is 0 Å². The zero-order valence-electron chi connectivity index (χ0n) is 14.3. The Labute approximate surface area is 151 Å². The molecule has 0 unspecified atom stereocenters. The maximum absolute atomic E-state index is 14.1. The highest BCUT2D eigenvalue weighted by molar-refractivity contribution is 5.90. The second kappa shape index (κ2) is 6.86. The zero-order valence-corrected chi connectivity index (χ0v) is 14.3. The lowest BCUT2D eigenvalue weighted by atomic mass is 10.2. The van der Waals surface area contributed by atoms with Crippen molar-refractivity contribution in [2.24, 2.45) is 0 Å². The number of non-ortho nitro benzene ring substituents is 1. The van der Waals surface area contributed by atoms with Gasteiger partial charge in [-0.2, -0.15) is 10.1 Å². The molecule has 3 aromatic rings. The first kappa shape index (κ1) is 18.0. The molecule has 1 amide bonds. The predicted molar refractivity (Wildman–Crippen MR) is 91.9 cm³/mol. The lowest BCUT2D eigenvalue weighted by Crippen LogP contribution is -2.28. The van der Waals surface area contributed by atoms with E-state index in [-0.39, 0.29) is 18.2 Å². The highest BCUT2D eigenvalue weighted by atomic mass is 19.1. The number of aryl methyl sites for hydroxylation is 1. The van der Waals surface area contributed by atoms with Crippen LogP contribution in [0.5, 0.6) is 11.6 Å². The van der Waals surface area contributed by atoms with Crippen LogP contribution in [0.3, 0.4) is 0 Å². The van der Waals surface area contributed by atoms with Crippen molar-refractivity contribution in [3.63, 3.8) is 0 Å². The van der Waals surface area contributed by atoms with Gasteiger partial charge in [0.25, 0.3) is 5.69 Å². The molecule has 0 atom stereocenters. The number of hydrogen-bond donors (Lipinski definition) is 1. The van der Waals surface area contributed by atoms with Gasteiger partial charge in [-0.1, -0.05) is 0 Å². The number of halogens is 1. The van der Waals surface area contributed by atoms with E-state index in [1.807, 2.05) is 0 Å². The van der Waals surface area contributed by atoms with E-state index < -0.39 is 22.5 Å². The number of amides is 1. The minimum Gasteiger partial charge on any atom is -0.465 e. The first-order valence-corrected chi connectivity index (χ1v) is 7.78. The van der Waals surface area contributed by atoms with E-state index in [2.05, 4.69) is 10.1 Å². The minimum atomic E-state index is -1.13. The first-order valence-electron chi connectivity index (χ1n) is 7.78. The van der Waals surface area contributed by atoms with E-state index >= 15 is 0 Å². The van der Waals surface area contributed by atoms with Crippen molar-refractivity contribution in [2.75, 3.05) is 11.4 Å². The molecule has 27 heavy (non-hydrogen) atoms. The molecule has 140 valence electrons. The standard InChI is InChI=1S/C16H14FN5O5/c1-3-20(16(23)24)12-7-21-14(9(12)2)15(18-8-19-21)27-13-5-4-10(22(25)26)6-11(13)17/h4-8H,3H2,1-2H3,(H,23,24). The van der Waals surface area contributed by atoms with Gasteiger partial charge in [0.15, 0.2) is 11.6 Å². The highest BCUT2D eigenvalue weighted by Gasteiger charge is 2.22. The molecule has 11 heteroatoms. The van der Waals surface area contributed by atoms with Gasteiger partial charge in [-0.25, -0.2) is 13.7 Å². The Morgan fingerprint density at radius 1 is 1.48 bits per heavy atom. The van der Waals surface area contributed by atoms with Crippen LogP contribution in [-0.2, 0) is 0 Å². The smallest absolute Gasteiger partial charge is 0.411 e. The van der Waals surface area contributed by atoms with Crippen molar-refractivity contribution < 1.29 is 24.0 Å². The molecule has 0 aliphatic heterocycles. The van der Waals surface area contributed by atoms with Crippen LogP contribution in [0, 0.1) is 22.9 Å². The number of fused-ring (bicyclic) bond motifs is 1. The van der Waals surface area contributed by atoms with E-state index in [4.69, 9.17) is 4.74 Å². The number of carboxylic acid groups (broad SMARTS) is 1. The Kier molecular flexibility index (Phi) is 4.59. The van der Waals surface area contributed by atoms with Crippen LogP contribution in [0.1, 0.15) is 12.5 Å². The molecule has 0 spiro atoms. The summed E-state index contributed by atoms with van der Waals surface area (Å²) >= 11 is 0. The number of anilines is 1. The molecular formula is C16H14FN5O5. The predicted octanol–water partition coefficient (Wildman–Crippen LogP) is 3.38. The molecule has 1 aromatic carbocycles.